The monoisotopic (exact) mass is 311 g/mol. The van der Waals surface area contributed by atoms with Gasteiger partial charge in [0.1, 0.15) is 5.82 Å². The minimum absolute atomic E-state index is 0.206. The highest BCUT2D eigenvalue weighted by atomic mass is 32.2. The second kappa shape index (κ2) is 6.49. The van der Waals surface area contributed by atoms with Crippen LogP contribution in [-0.4, -0.2) is 10.9 Å². The predicted molar refractivity (Wildman–Crippen MR) is 91.8 cm³/mol. The molecular weight excluding hydrogens is 294 g/mol. The molecule has 0 saturated heterocycles. The molecule has 0 aliphatic carbocycles. The second-order valence-corrected chi connectivity index (χ2v) is 6.81. The number of benzene rings is 1. The molecule has 5 heteroatoms. The van der Waals surface area contributed by atoms with E-state index in [-0.39, 0.29) is 22.6 Å². The summed E-state index contributed by atoms with van der Waals surface area (Å²) in [5, 5.41) is 7.31. The molecule has 0 unspecified atom stereocenters. The van der Waals surface area contributed by atoms with E-state index in [1.165, 1.54) is 4.90 Å². The third-order valence-electron chi connectivity index (χ3n) is 3.35. The van der Waals surface area contributed by atoms with E-state index in [1.807, 2.05) is 12.1 Å². The van der Waals surface area contributed by atoms with E-state index in [0.717, 1.165) is 5.56 Å². The number of carbonyl (C=O) groups excluding carboxylic acids is 1. The van der Waals surface area contributed by atoms with Crippen LogP contribution in [0, 0.1) is 0 Å². The van der Waals surface area contributed by atoms with Crippen molar-refractivity contribution >= 4 is 22.6 Å². The van der Waals surface area contributed by atoms with Crippen molar-refractivity contribution in [2.75, 3.05) is 5.73 Å². The number of nitrogens with two attached hydrogens (primary N) is 1. The summed E-state index contributed by atoms with van der Waals surface area (Å²) >= 11 is 0. The minimum atomic E-state index is -0.335. The van der Waals surface area contributed by atoms with Gasteiger partial charge in [-0.05, 0) is 45.5 Å². The first-order chi connectivity index (χ1) is 10.7. The SMILES string of the molecule is Nc1ncccc1C(=O)NCc1cccc([SH]2C=CC=C2)c1. The fourth-order valence-corrected chi connectivity index (χ4v) is 3.81. The van der Waals surface area contributed by atoms with Crippen LogP contribution in [0.3, 0.4) is 0 Å². The molecule has 3 N–H and O–H groups in total. The largest absolute Gasteiger partial charge is 0.383 e. The van der Waals surface area contributed by atoms with E-state index in [9.17, 15) is 4.79 Å². The predicted octanol–water partition coefficient (Wildman–Crippen LogP) is 2.99. The Morgan fingerprint density at radius 1 is 1.18 bits per heavy atom. The van der Waals surface area contributed by atoms with Gasteiger partial charge >= 0.3 is 0 Å². The van der Waals surface area contributed by atoms with Gasteiger partial charge in [0.25, 0.3) is 5.91 Å². The van der Waals surface area contributed by atoms with Crippen LogP contribution in [0.2, 0.25) is 0 Å². The van der Waals surface area contributed by atoms with Crippen molar-refractivity contribution in [1.82, 2.24) is 10.3 Å². The molecule has 1 aromatic carbocycles. The first-order valence-electron chi connectivity index (χ1n) is 6.95. The van der Waals surface area contributed by atoms with Gasteiger partial charge < -0.3 is 11.1 Å². The molecule has 0 atom stereocenters. The normalized spacial score (nSPS) is 14.3. The lowest BCUT2D eigenvalue weighted by atomic mass is 10.2. The van der Waals surface area contributed by atoms with Crippen molar-refractivity contribution in [3.8, 4) is 0 Å². The van der Waals surface area contributed by atoms with Crippen LogP contribution in [0.15, 0.2) is 70.5 Å². The summed E-state index contributed by atoms with van der Waals surface area (Å²) in [6.07, 6.45) is 5.72. The molecule has 1 aliphatic heterocycles. The number of aromatic nitrogens is 1. The first kappa shape index (κ1) is 14.4. The molecule has 1 aliphatic rings. The van der Waals surface area contributed by atoms with E-state index >= 15 is 0 Å². The lowest BCUT2D eigenvalue weighted by Crippen LogP contribution is -2.24. The molecule has 112 valence electrons. The van der Waals surface area contributed by atoms with E-state index in [4.69, 9.17) is 5.73 Å². The number of amides is 1. The van der Waals surface area contributed by atoms with E-state index in [2.05, 4.69) is 45.4 Å². The fourth-order valence-electron chi connectivity index (χ4n) is 2.22. The Morgan fingerprint density at radius 3 is 2.77 bits per heavy atom. The molecule has 22 heavy (non-hydrogen) atoms. The molecule has 0 spiro atoms. The van der Waals surface area contributed by atoms with E-state index in [1.54, 1.807) is 18.3 Å². The quantitative estimate of drug-likeness (QED) is 0.760. The average molecular weight is 311 g/mol. The van der Waals surface area contributed by atoms with Crippen LogP contribution in [0.5, 0.6) is 0 Å². The number of hydrogen-bond acceptors (Lipinski definition) is 3. The maximum absolute atomic E-state index is 12.1. The van der Waals surface area contributed by atoms with Crippen molar-refractivity contribution in [3.05, 3.63) is 76.7 Å². The second-order valence-electron chi connectivity index (χ2n) is 4.88. The smallest absolute Gasteiger partial charge is 0.255 e. The van der Waals surface area contributed by atoms with Gasteiger partial charge in [-0.3, -0.25) is 4.79 Å². The maximum atomic E-state index is 12.1. The Bertz CT molecular complexity index is 743. The first-order valence-corrected chi connectivity index (χ1v) is 8.43. The maximum Gasteiger partial charge on any atom is 0.255 e. The summed E-state index contributed by atoms with van der Waals surface area (Å²) in [5.74, 6) is 0.0424. The summed E-state index contributed by atoms with van der Waals surface area (Å²) < 4.78 is 0. The number of carbonyl (C=O) groups is 1. The number of nitrogen functional groups attached to an aromatic ring is 1. The third-order valence-corrected chi connectivity index (χ3v) is 5.21. The van der Waals surface area contributed by atoms with E-state index < -0.39 is 0 Å². The zero-order valence-corrected chi connectivity index (χ0v) is 12.8. The van der Waals surface area contributed by atoms with Gasteiger partial charge in [0.2, 0.25) is 0 Å². The summed E-state index contributed by atoms with van der Waals surface area (Å²) in [7, 11) is -0.335. The van der Waals surface area contributed by atoms with Crippen molar-refractivity contribution in [2.45, 2.75) is 11.4 Å². The number of anilines is 1. The average Bonchev–Trinajstić information content (AvgIpc) is 3.08. The summed E-state index contributed by atoms with van der Waals surface area (Å²) in [5.41, 5.74) is 7.19. The fraction of sp³-hybridized carbons (Fsp3) is 0.0588. The number of allylic oxidation sites excluding steroid dienone is 2. The number of rotatable bonds is 4. The molecule has 2 heterocycles. The summed E-state index contributed by atoms with van der Waals surface area (Å²) in [6.45, 7) is 0.470. The number of pyridine rings is 1. The summed E-state index contributed by atoms with van der Waals surface area (Å²) in [4.78, 5) is 17.3. The standard InChI is InChI=1S/C17H17N3OS/c18-16-15(7-4-8-19-16)17(21)20-12-13-5-3-6-14(11-13)22-9-1-2-10-22/h1-11,22H,12H2,(H2,18,19)(H,20,21). The Morgan fingerprint density at radius 2 is 2.00 bits per heavy atom. The molecule has 0 radical (unpaired) electrons. The molecule has 0 fully saturated rings. The number of thiol groups is 1. The van der Waals surface area contributed by atoms with Gasteiger partial charge in [-0.1, -0.05) is 24.3 Å². The topological polar surface area (TPSA) is 68.0 Å². The Balaban J connectivity index is 1.68. The lowest BCUT2D eigenvalue weighted by Gasteiger charge is -2.12. The molecule has 2 aromatic rings. The Hall–Kier alpha value is -2.53. The molecule has 0 bridgehead atoms. The van der Waals surface area contributed by atoms with Crippen molar-refractivity contribution in [1.29, 1.82) is 0 Å². The molecule has 1 aromatic heterocycles. The van der Waals surface area contributed by atoms with Gasteiger partial charge in [0.05, 0.1) is 5.56 Å². The minimum Gasteiger partial charge on any atom is -0.383 e. The van der Waals surface area contributed by atoms with Crippen molar-refractivity contribution in [3.63, 3.8) is 0 Å². The third kappa shape index (κ3) is 3.20. The summed E-state index contributed by atoms with van der Waals surface area (Å²) in [6, 6.07) is 11.7. The van der Waals surface area contributed by atoms with Crippen LogP contribution in [-0.2, 0) is 6.54 Å². The Labute approximate surface area is 132 Å². The molecule has 3 rings (SSSR count). The molecule has 0 saturated carbocycles. The number of nitrogens with one attached hydrogen (secondary N) is 1. The number of nitrogens with zero attached hydrogens (tertiary/aromatic N) is 1. The van der Waals surface area contributed by atoms with Gasteiger partial charge in [0, 0.05) is 12.7 Å². The van der Waals surface area contributed by atoms with Crippen LogP contribution >= 0.6 is 10.9 Å². The van der Waals surface area contributed by atoms with Crippen molar-refractivity contribution < 1.29 is 4.79 Å². The number of hydrogen-bond donors (Lipinski definition) is 3. The molecule has 1 amide bonds. The van der Waals surface area contributed by atoms with Gasteiger partial charge in [-0.15, -0.1) is 0 Å². The van der Waals surface area contributed by atoms with E-state index in [0.29, 0.717) is 12.1 Å². The molecular formula is C17H17N3OS. The van der Waals surface area contributed by atoms with Gasteiger partial charge in [0.15, 0.2) is 0 Å². The zero-order valence-electron chi connectivity index (χ0n) is 11.9. The highest BCUT2D eigenvalue weighted by Gasteiger charge is 2.10. The molecule has 4 nitrogen and oxygen atoms in total. The van der Waals surface area contributed by atoms with Gasteiger partial charge in [-0.25, -0.2) is 4.98 Å². The highest BCUT2D eigenvalue weighted by Crippen LogP contribution is 2.41. The highest BCUT2D eigenvalue weighted by molar-refractivity contribution is 8.22. The van der Waals surface area contributed by atoms with Crippen molar-refractivity contribution in [2.24, 2.45) is 0 Å². The Kier molecular flexibility index (Phi) is 4.25. The van der Waals surface area contributed by atoms with Crippen LogP contribution in [0.4, 0.5) is 5.82 Å². The zero-order chi connectivity index (χ0) is 15.4. The van der Waals surface area contributed by atoms with Crippen LogP contribution < -0.4 is 11.1 Å². The van der Waals surface area contributed by atoms with Crippen LogP contribution in [0.25, 0.3) is 0 Å². The van der Waals surface area contributed by atoms with Crippen LogP contribution in [0.1, 0.15) is 15.9 Å². The van der Waals surface area contributed by atoms with Gasteiger partial charge in [-0.2, -0.15) is 10.9 Å². The lowest BCUT2D eigenvalue weighted by molar-refractivity contribution is 0.0951.